The molecule has 0 heterocycles. The van der Waals surface area contributed by atoms with Gasteiger partial charge in [0, 0.05) is 12.1 Å². The van der Waals surface area contributed by atoms with Crippen molar-refractivity contribution in [3.05, 3.63) is 35.4 Å². The van der Waals surface area contributed by atoms with E-state index in [2.05, 4.69) is 50.4 Å². The van der Waals surface area contributed by atoms with Gasteiger partial charge in [0.15, 0.2) is 0 Å². The molecular weight excluding hydrogens is 230 g/mol. The van der Waals surface area contributed by atoms with Gasteiger partial charge in [-0.15, -0.1) is 0 Å². The Hall–Kier alpha value is -0.820. The number of hydrogen-bond donors (Lipinski definition) is 1. The summed E-state index contributed by atoms with van der Waals surface area (Å²) in [4.78, 5) is 0. The minimum absolute atomic E-state index is 0.354. The Kier molecular flexibility index (Phi) is 5.04. The average molecular weight is 259 g/mol. The zero-order chi connectivity index (χ0) is 13.7. The van der Waals surface area contributed by atoms with E-state index in [0.717, 1.165) is 6.54 Å². The van der Waals surface area contributed by atoms with E-state index in [-0.39, 0.29) is 0 Å². The highest BCUT2D eigenvalue weighted by Gasteiger charge is 2.26. The molecule has 2 rings (SSSR count). The first-order valence-corrected chi connectivity index (χ1v) is 8.07. The molecule has 0 saturated carbocycles. The quantitative estimate of drug-likeness (QED) is 0.783. The Morgan fingerprint density at radius 1 is 1.11 bits per heavy atom. The van der Waals surface area contributed by atoms with Crippen LogP contribution in [0.15, 0.2) is 24.3 Å². The highest BCUT2D eigenvalue weighted by molar-refractivity contribution is 5.32. The number of aryl methyl sites for hydroxylation is 1. The summed E-state index contributed by atoms with van der Waals surface area (Å²) in [6, 6.07) is 9.04. The summed E-state index contributed by atoms with van der Waals surface area (Å²) in [6.45, 7) is 8.09. The lowest BCUT2D eigenvalue weighted by Crippen LogP contribution is -2.45. The molecule has 0 aliphatic heterocycles. The first-order chi connectivity index (χ1) is 9.24. The second kappa shape index (κ2) is 6.56. The Morgan fingerprint density at radius 2 is 1.79 bits per heavy atom. The summed E-state index contributed by atoms with van der Waals surface area (Å²) < 4.78 is 0. The van der Waals surface area contributed by atoms with Crippen molar-refractivity contribution in [3.8, 4) is 0 Å². The van der Waals surface area contributed by atoms with Crippen molar-refractivity contribution >= 4 is 0 Å². The van der Waals surface area contributed by atoms with Crippen molar-refractivity contribution < 1.29 is 0 Å². The van der Waals surface area contributed by atoms with Crippen molar-refractivity contribution in [3.63, 3.8) is 0 Å². The molecule has 0 fully saturated rings. The summed E-state index contributed by atoms with van der Waals surface area (Å²) in [5.41, 5.74) is 3.53. The lowest BCUT2D eigenvalue weighted by molar-refractivity contribution is 0.278. The van der Waals surface area contributed by atoms with Crippen LogP contribution < -0.4 is 5.32 Å². The van der Waals surface area contributed by atoms with Gasteiger partial charge in [-0.1, -0.05) is 45.0 Å². The molecule has 0 amide bonds. The number of rotatable bonds is 6. The van der Waals surface area contributed by atoms with E-state index in [0.29, 0.717) is 11.5 Å². The Morgan fingerprint density at radius 3 is 2.47 bits per heavy atom. The van der Waals surface area contributed by atoms with Crippen molar-refractivity contribution in [2.24, 2.45) is 0 Å². The molecule has 0 spiro atoms. The van der Waals surface area contributed by atoms with Crippen LogP contribution in [0.4, 0.5) is 0 Å². The summed E-state index contributed by atoms with van der Waals surface area (Å²) >= 11 is 0. The van der Waals surface area contributed by atoms with Gasteiger partial charge in [-0.2, -0.15) is 0 Å². The maximum atomic E-state index is 3.89. The van der Waals surface area contributed by atoms with Crippen LogP contribution in [-0.4, -0.2) is 12.1 Å². The molecule has 1 aromatic rings. The topological polar surface area (TPSA) is 12.0 Å². The van der Waals surface area contributed by atoms with Crippen LogP contribution in [0.3, 0.4) is 0 Å². The summed E-state index contributed by atoms with van der Waals surface area (Å²) in [6.07, 6.45) is 7.65. The summed E-state index contributed by atoms with van der Waals surface area (Å²) in [5.74, 6) is 0.717. The third kappa shape index (κ3) is 3.20. The van der Waals surface area contributed by atoms with E-state index in [1.54, 1.807) is 11.1 Å². The van der Waals surface area contributed by atoms with Gasteiger partial charge in [-0.05, 0) is 55.6 Å². The molecule has 1 aliphatic carbocycles. The molecule has 19 heavy (non-hydrogen) atoms. The molecule has 1 nitrogen and oxygen atoms in total. The van der Waals surface area contributed by atoms with Crippen molar-refractivity contribution in [1.29, 1.82) is 0 Å². The third-order valence-corrected chi connectivity index (χ3v) is 5.25. The zero-order valence-corrected chi connectivity index (χ0v) is 12.8. The van der Waals surface area contributed by atoms with E-state index in [9.17, 15) is 0 Å². The number of hydrogen-bond acceptors (Lipinski definition) is 1. The molecule has 1 N–H and O–H groups in total. The fraction of sp³-hybridized carbons (Fsp3) is 0.667. The van der Waals surface area contributed by atoms with Gasteiger partial charge in [-0.25, -0.2) is 0 Å². The smallest absolute Gasteiger partial charge is 0.0173 e. The van der Waals surface area contributed by atoms with Gasteiger partial charge >= 0.3 is 0 Å². The molecule has 1 aliphatic rings. The summed E-state index contributed by atoms with van der Waals surface area (Å²) in [7, 11) is 0. The maximum Gasteiger partial charge on any atom is 0.0173 e. The molecule has 0 radical (unpaired) electrons. The number of nitrogens with one attached hydrogen (secondary N) is 1. The average Bonchev–Trinajstić information content (AvgIpc) is 2.49. The minimum Gasteiger partial charge on any atom is -0.311 e. The molecular formula is C18H29N. The molecule has 1 unspecified atom stereocenters. The van der Waals surface area contributed by atoms with Gasteiger partial charge in [0.1, 0.15) is 0 Å². The SMILES string of the molecule is CCC(CC)(CC)NCC1CCCc2ccccc21. The monoisotopic (exact) mass is 259 g/mol. The Labute approximate surface area is 118 Å². The van der Waals surface area contributed by atoms with Crippen LogP contribution in [0.25, 0.3) is 0 Å². The van der Waals surface area contributed by atoms with Crippen LogP contribution in [0, 0.1) is 0 Å². The van der Waals surface area contributed by atoms with Gasteiger partial charge in [0.25, 0.3) is 0 Å². The van der Waals surface area contributed by atoms with Crippen LogP contribution >= 0.6 is 0 Å². The predicted octanol–water partition coefficient (Wildman–Crippen LogP) is 4.66. The minimum atomic E-state index is 0.354. The zero-order valence-electron chi connectivity index (χ0n) is 12.8. The third-order valence-electron chi connectivity index (χ3n) is 5.25. The lowest BCUT2D eigenvalue weighted by Gasteiger charge is -2.35. The normalized spacial score (nSPS) is 19.2. The first kappa shape index (κ1) is 14.6. The highest BCUT2D eigenvalue weighted by atomic mass is 15.0. The van der Waals surface area contributed by atoms with E-state index in [4.69, 9.17) is 0 Å². The van der Waals surface area contributed by atoms with Crippen molar-refractivity contribution in [1.82, 2.24) is 5.32 Å². The fourth-order valence-corrected chi connectivity index (χ4v) is 3.53. The van der Waals surface area contributed by atoms with Crippen LogP contribution in [0.2, 0.25) is 0 Å². The van der Waals surface area contributed by atoms with Crippen LogP contribution in [0.1, 0.15) is 69.9 Å². The number of fused-ring (bicyclic) bond motifs is 1. The van der Waals surface area contributed by atoms with Gasteiger partial charge < -0.3 is 5.32 Å². The van der Waals surface area contributed by atoms with E-state index < -0.39 is 0 Å². The standard InChI is InChI=1S/C18H29N/c1-4-18(5-2,6-3)19-14-16-12-9-11-15-10-7-8-13-17(15)16/h7-8,10,13,16,19H,4-6,9,11-12,14H2,1-3H3. The first-order valence-electron chi connectivity index (χ1n) is 8.07. The predicted molar refractivity (Wildman–Crippen MR) is 83.7 cm³/mol. The van der Waals surface area contributed by atoms with E-state index >= 15 is 0 Å². The second-order valence-corrected chi connectivity index (χ2v) is 6.01. The maximum absolute atomic E-state index is 3.89. The Balaban J connectivity index is 2.05. The molecule has 0 aromatic heterocycles. The number of benzene rings is 1. The fourth-order valence-electron chi connectivity index (χ4n) is 3.53. The van der Waals surface area contributed by atoms with Gasteiger partial charge in [0.2, 0.25) is 0 Å². The molecule has 1 atom stereocenters. The molecule has 1 aromatic carbocycles. The van der Waals surface area contributed by atoms with Crippen molar-refractivity contribution in [2.45, 2.75) is 70.8 Å². The molecule has 1 heteroatoms. The van der Waals surface area contributed by atoms with Crippen LogP contribution in [-0.2, 0) is 6.42 Å². The molecule has 106 valence electrons. The Bertz CT molecular complexity index is 384. The summed E-state index contributed by atoms with van der Waals surface area (Å²) in [5, 5.41) is 3.89. The largest absolute Gasteiger partial charge is 0.311 e. The molecule has 0 bridgehead atoms. The molecule has 0 saturated heterocycles. The lowest BCUT2D eigenvalue weighted by atomic mass is 9.81. The highest BCUT2D eigenvalue weighted by Crippen LogP contribution is 2.32. The van der Waals surface area contributed by atoms with Crippen LogP contribution in [0.5, 0.6) is 0 Å². The van der Waals surface area contributed by atoms with Gasteiger partial charge in [-0.3, -0.25) is 0 Å². The van der Waals surface area contributed by atoms with Gasteiger partial charge in [0.05, 0.1) is 0 Å². The van der Waals surface area contributed by atoms with E-state index in [1.165, 1.54) is 38.5 Å². The van der Waals surface area contributed by atoms with Crippen molar-refractivity contribution in [2.75, 3.05) is 6.54 Å². The van der Waals surface area contributed by atoms with E-state index in [1.807, 2.05) is 0 Å². The second-order valence-electron chi connectivity index (χ2n) is 6.01.